The number of hydrogen-bond acceptors (Lipinski definition) is 2. The Morgan fingerprint density at radius 1 is 1.47 bits per heavy atom. The van der Waals surface area contributed by atoms with E-state index in [0.29, 0.717) is 11.7 Å². The van der Waals surface area contributed by atoms with Crippen LogP contribution in [-0.2, 0) is 0 Å². The van der Waals surface area contributed by atoms with Gasteiger partial charge in [0.2, 0.25) is 0 Å². The van der Waals surface area contributed by atoms with E-state index < -0.39 is 0 Å². The third kappa shape index (κ3) is 2.93. The average molecular weight is 211 g/mol. The van der Waals surface area contributed by atoms with E-state index in [4.69, 9.17) is 4.74 Å². The van der Waals surface area contributed by atoms with Gasteiger partial charge in [0.1, 0.15) is 0 Å². The van der Waals surface area contributed by atoms with Crippen LogP contribution in [0.3, 0.4) is 0 Å². The lowest BCUT2D eigenvalue weighted by Gasteiger charge is -2.15. The van der Waals surface area contributed by atoms with Crippen molar-refractivity contribution < 1.29 is 9.13 Å². The molecule has 0 spiro atoms. The molecule has 0 saturated heterocycles. The number of methoxy groups -OCH3 is 1. The molecule has 1 N–H and O–H groups in total. The van der Waals surface area contributed by atoms with Crippen LogP contribution in [0.5, 0.6) is 5.75 Å². The summed E-state index contributed by atoms with van der Waals surface area (Å²) in [4.78, 5) is 0. The van der Waals surface area contributed by atoms with Crippen LogP contribution >= 0.6 is 0 Å². The first-order valence-corrected chi connectivity index (χ1v) is 5.21. The number of benzene rings is 1. The fraction of sp³-hybridized carbons (Fsp3) is 0.500. The first-order valence-electron chi connectivity index (χ1n) is 5.21. The van der Waals surface area contributed by atoms with Crippen LogP contribution in [0.15, 0.2) is 18.2 Å². The number of likely N-dealkylation sites (N-methyl/N-ethyl adjacent to an activating group) is 1. The molecule has 1 unspecified atom stereocenters. The zero-order valence-corrected chi connectivity index (χ0v) is 9.51. The predicted molar refractivity (Wildman–Crippen MR) is 59.9 cm³/mol. The molecule has 15 heavy (non-hydrogen) atoms. The number of hydrogen-bond donors (Lipinski definition) is 1. The Morgan fingerprint density at radius 3 is 2.67 bits per heavy atom. The highest BCUT2D eigenvalue weighted by Crippen LogP contribution is 2.24. The van der Waals surface area contributed by atoms with Crippen molar-refractivity contribution in [3.05, 3.63) is 29.6 Å². The van der Waals surface area contributed by atoms with Gasteiger partial charge in [-0.3, -0.25) is 0 Å². The Bertz CT molecular complexity index is 314. The summed E-state index contributed by atoms with van der Waals surface area (Å²) >= 11 is 0. The van der Waals surface area contributed by atoms with E-state index in [1.165, 1.54) is 7.11 Å². The van der Waals surface area contributed by atoms with E-state index >= 15 is 0 Å². The molecule has 0 fully saturated rings. The second-order valence-corrected chi connectivity index (χ2v) is 3.56. The minimum Gasteiger partial charge on any atom is -0.494 e. The van der Waals surface area contributed by atoms with Gasteiger partial charge in [-0.15, -0.1) is 0 Å². The van der Waals surface area contributed by atoms with E-state index in [9.17, 15) is 4.39 Å². The van der Waals surface area contributed by atoms with E-state index in [0.717, 1.165) is 18.5 Å². The molecule has 0 bridgehead atoms. The molecule has 0 heterocycles. The van der Waals surface area contributed by atoms with Gasteiger partial charge < -0.3 is 10.1 Å². The molecule has 0 aromatic heterocycles. The van der Waals surface area contributed by atoms with Crippen LogP contribution < -0.4 is 10.1 Å². The number of nitrogens with one attached hydrogen (secondary N) is 1. The highest BCUT2D eigenvalue weighted by molar-refractivity contribution is 5.31. The maximum absolute atomic E-state index is 13.4. The van der Waals surface area contributed by atoms with E-state index in [2.05, 4.69) is 12.2 Å². The molecule has 2 nitrogen and oxygen atoms in total. The quantitative estimate of drug-likeness (QED) is 0.808. The van der Waals surface area contributed by atoms with E-state index in [1.807, 2.05) is 13.1 Å². The van der Waals surface area contributed by atoms with Gasteiger partial charge in [-0.2, -0.15) is 0 Å². The molecule has 1 aromatic carbocycles. The van der Waals surface area contributed by atoms with Crippen molar-refractivity contribution in [2.45, 2.75) is 19.3 Å². The average Bonchev–Trinajstić information content (AvgIpc) is 2.25. The van der Waals surface area contributed by atoms with Gasteiger partial charge in [0.05, 0.1) is 7.11 Å². The van der Waals surface area contributed by atoms with Gasteiger partial charge in [0.15, 0.2) is 11.6 Å². The largest absolute Gasteiger partial charge is 0.494 e. The van der Waals surface area contributed by atoms with Crippen molar-refractivity contribution in [2.24, 2.45) is 0 Å². The van der Waals surface area contributed by atoms with Gasteiger partial charge in [-0.05, 0) is 37.1 Å². The molecular formula is C12H18FNO. The van der Waals surface area contributed by atoms with Crippen LogP contribution in [0.25, 0.3) is 0 Å². The molecule has 0 aliphatic heterocycles. The van der Waals surface area contributed by atoms with Crippen LogP contribution in [0.2, 0.25) is 0 Å². The Balaban J connectivity index is 2.89. The van der Waals surface area contributed by atoms with Crippen LogP contribution in [0.4, 0.5) is 4.39 Å². The lowest BCUT2D eigenvalue weighted by molar-refractivity contribution is 0.385. The van der Waals surface area contributed by atoms with Gasteiger partial charge in [-0.1, -0.05) is 13.0 Å². The molecule has 0 amide bonds. The Morgan fingerprint density at radius 2 is 2.20 bits per heavy atom. The lowest BCUT2D eigenvalue weighted by Crippen LogP contribution is -2.16. The van der Waals surface area contributed by atoms with Gasteiger partial charge >= 0.3 is 0 Å². The van der Waals surface area contributed by atoms with Crippen molar-refractivity contribution >= 4 is 0 Å². The second-order valence-electron chi connectivity index (χ2n) is 3.56. The zero-order chi connectivity index (χ0) is 11.3. The van der Waals surface area contributed by atoms with Gasteiger partial charge in [0, 0.05) is 6.54 Å². The molecule has 3 heteroatoms. The molecule has 0 saturated carbocycles. The summed E-state index contributed by atoms with van der Waals surface area (Å²) in [5.74, 6) is 0.373. The predicted octanol–water partition coefficient (Wildman–Crippen LogP) is 2.55. The number of ether oxygens (including phenoxy) is 1. The fourth-order valence-corrected chi connectivity index (χ4v) is 1.68. The summed E-state index contributed by atoms with van der Waals surface area (Å²) in [7, 11) is 3.38. The van der Waals surface area contributed by atoms with Gasteiger partial charge in [-0.25, -0.2) is 4.39 Å². The van der Waals surface area contributed by atoms with E-state index in [1.54, 1.807) is 12.1 Å². The van der Waals surface area contributed by atoms with Crippen molar-refractivity contribution in [3.8, 4) is 5.75 Å². The van der Waals surface area contributed by atoms with Crippen molar-refractivity contribution in [1.29, 1.82) is 0 Å². The van der Waals surface area contributed by atoms with Crippen molar-refractivity contribution in [3.63, 3.8) is 0 Å². The van der Waals surface area contributed by atoms with Crippen molar-refractivity contribution in [2.75, 3.05) is 20.7 Å². The second kappa shape index (κ2) is 5.71. The molecule has 84 valence electrons. The summed E-state index contributed by atoms with van der Waals surface area (Å²) in [5.41, 5.74) is 1.02. The monoisotopic (exact) mass is 211 g/mol. The molecule has 0 aliphatic carbocycles. The third-order valence-electron chi connectivity index (χ3n) is 2.59. The molecule has 1 rings (SSSR count). The highest BCUT2D eigenvalue weighted by atomic mass is 19.1. The van der Waals surface area contributed by atoms with Crippen molar-refractivity contribution in [1.82, 2.24) is 5.32 Å². The SMILES string of the molecule is CCC(CNC)c1ccc(OC)c(F)c1. The minimum atomic E-state index is -0.287. The standard InChI is InChI=1S/C12H18FNO/c1-4-9(8-14-2)10-5-6-12(15-3)11(13)7-10/h5-7,9,14H,4,8H2,1-3H3. The maximum atomic E-state index is 13.4. The lowest BCUT2D eigenvalue weighted by atomic mass is 9.96. The summed E-state index contributed by atoms with van der Waals surface area (Å²) in [5, 5.41) is 3.11. The molecule has 1 atom stereocenters. The maximum Gasteiger partial charge on any atom is 0.165 e. The molecule has 0 aliphatic rings. The topological polar surface area (TPSA) is 21.3 Å². The summed E-state index contributed by atoms with van der Waals surface area (Å²) in [6.07, 6.45) is 0.993. The molecular weight excluding hydrogens is 193 g/mol. The molecule has 1 aromatic rings. The Labute approximate surface area is 90.4 Å². The van der Waals surface area contributed by atoms with Crippen LogP contribution in [-0.4, -0.2) is 20.7 Å². The fourth-order valence-electron chi connectivity index (χ4n) is 1.68. The Kier molecular flexibility index (Phi) is 4.56. The summed E-state index contributed by atoms with van der Waals surface area (Å²) < 4.78 is 18.3. The summed E-state index contributed by atoms with van der Waals surface area (Å²) in [6.45, 7) is 2.96. The van der Waals surface area contributed by atoms with E-state index in [-0.39, 0.29) is 5.82 Å². The third-order valence-corrected chi connectivity index (χ3v) is 2.59. The Hall–Kier alpha value is -1.09. The first kappa shape index (κ1) is 12.0. The normalized spacial score (nSPS) is 12.5. The van der Waals surface area contributed by atoms with Gasteiger partial charge in [0.25, 0.3) is 0 Å². The van der Waals surface area contributed by atoms with Crippen LogP contribution in [0.1, 0.15) is 24.8 Å². The summed E-state index contributed by atoms with van der Waals surface area (Å²) in [6, 6.07) is 5.17. The molecule has 0 radical (unpaired) electrons. The van der Waals surface area contributed by atoms with Crippen LogP contribution in [0, 0.1) is 5.82 Å². The first-order chi connectivity index (χ1) is 7.22. The highest BCUT2D eigenvalue weighted by Gasteiger charge is 2.11. The minimum absolute atomic E-state index is 0.287. The smallest absolute Gasteiger partial charge is 0.165 e. The zero-order valence-electron chi connectivity index (χ0n) is 9.51. The number of rotatable bonds is 5. The number of halogens is 1.